The van der Waals surface area contributed by atoms with E-state index >= 15 is 0 Å². The molecule has 0 amide bonds. The van der Waals surface area contributed by atoms with Gasteiger partial charge in [0.25, 0.3) is 0 Å². The molecule has 2 fully saturated rings. The second-order valence-corrected chi connectivity index (χ2v) is 10.9. The Bertz CT molecular complexity index is 1290. The number of Topliss-reactive ketones (excluding diaryl/α,β-unsaturated/α-hetero) is 1. The lowest BCUT2D eigenvalue weighted by Gasteiger charge is -2.35. The largest absolute Gasteiger partial charge is 0.379 e. The van der Waals surface area contributed by atoms with Crippen LogP contribution in [0.15, 0.2) is 47.6 Å². The van der Waals surface area contributed by atoms with Crippen molar-refractivity contribution < 1.29 is 17.9 Å². The third-order valence-electron chi connectivity index (χ3n) is 6.88. The zero-order valence-electron chi connectivity index (χ0n) is 19.9. The van der Waals surface area contributed by atoms with E-state index in [1.807, 2.05) is 18.3 Å². The number of aromatic amines is 1. The smallest absolute Gasteiger partial charge is 0.244 e. The van der Waals surface area contributed by atoms with Gasteiger partial charge in [-0.3, -0.25) is 9.69 Å². The lowest BCUT2D eigenvalue weighted by Crippen LogP contribution is -2.48. The number of carbonyl (C=O) groups is 1. The lowest BCUT2D eigenvalue weighted by atomic mass is 10.0. The zero-order valence-corrected chi connectivity index (χ0v) is 20.8. The van der Waals surface area contributed by atoms with Crippen LogP contribution in [0.2, 0.25) is 0 Å². The maximum atomic E-state index is 13.0. The first-order valence-corrected chi connectivity index (χ1v) is 13.5. The van der Waals surface area contributed by atoms with E-state index in [4.69, 9.17) is 4.74 Å². The molecule has 186 valence electrons. The Morgan fingerprint density at radius 2 is 1.83 bits per heavy atom. The van der Waals surface area contributed by atoms with Crippen molar-refractivity contribution in [1.29, 1.82) is 0 Å². The predicted molar refractivity (Wildman–Crippen MR) is 134 cm³/mol. The van der Waals surface area contributed by atoms with Crippen molar-refractivity contribution in [3.8, 4) is 0 Å². The van der Waals surface area contributed by atoms with E-state index in [0.29, 0.717) is 32.8 Å². The first-order chi connectivity index (χ1) is 17.0. The third kappa shape index (κ3) is 4.84. The number of sulfonamides is 1. The summed E-state index contributed by atoms with van der Waals surface area (Å²) >= 11 is 0. The van der Waals surface area contributed by atoms with Crippen molar-refractivity contribution >= 4 is 32.5 Å². The number of pyridine rings is 1. The van der Waals surface area contributed by atoms with Crippen molar-refractivity contribution in [2.24, 2.45) is 0 Å². The fraction of sp³-hybridized carbons (Fsp3) is 0.440. The Morgan fingerprint density at radius 1 is 1.06 bits per heavy atom. The third-order valence-corrected chi connectivity index (χ3v) is 8.76. The monoisotopic (exact) mass is 497 g/mol. The van der Waals surface area contributed by atoms with Gasteiger partial charge in [-0.1, -0.05) is 25.1 Å². The fourth-order valence-corrected chi connectivity index (χ4v) is 6.17. The number of piperazine rings is 1. The van der Waals surface area contributed by atoms with E-state index in [-0.39, 0.29) is 10.7 Å². The van der Waals surface area contributed by atoms with Crippen molar-refractivity contribution in [1.82, 2.24) is 19.2 Å². The van der Waals surface area contributed by atoms with Crippen LogP contribution in [0.3, 0.4) is 0 Å². The van der Waals surface area contributed by atoms with Crippen LogP contribution in [0.25, 0.3) is 10.9 Å². The number of nitrogens with one attached hydrogen (secondary N) is 1. The molecular weight excluding hydrogens is 466 g/mol. The van der Waals surface area contributed by atoms with Crippen LogP contribution in [-0.4, -0.2) is 92.4 Å². The second-order valence-electron chi connectivity index (χ2n) is 8.95. The number of carbonyl (C=O) groups excluding carboxylic acids is 1. The summed E-state index contributed by atoms with van der Waals surface area (Å²) in [4.78, 5) is 25.3. The number of nitrogens with zero attached hydrogens (tertiary/aromatic N) is 4. The molecule has 1 aromatic carbocycles. The van der Waals surface area contributed by atoms with Gasteiger partial charge in [0.1, 0.15) is 10.7 Å². The summed E-state index contributed by atoms with van der Waals surface area (Å²) in [6.07, 6.45) is 4.19. The molecule has 1 N–H and O–H groups in total. The molecule has 5 rings (SSSR count). The molecular formula is C25H31N5O4S. The normalized spacial score (nSPS) is 18.3. The topological polar surface area (TPSA) is 98.8 Å². The summed E-state index contributed by atoms with van der Waals surface area (Å²) in [5, 5.41) is 0.990. The Hall–Kier alpha value is -2.79. The number of hydrogen-bond donors (Lipinski definition) is 1. The standard InChI is InChI=1S/C25H31N5O4S/c1-2-19-4-3-5-21-22(17-27-25(19)21)23(31)18-28-8-10-29(11-9-28)24-7-6-20(16-26-24)35(32,33)30-12-14-34-15-13-30/h3-7,16-17,27H,2,8-15,18H2,1H3. The summed E-state index contributed by atoms with van der Waals surface area (Å²) in [5.41, 5.74) is 3.01. The minimum Gasteiger partial charge on any atom is -0.379 e. The number of aryl methyl sites for hydroxylation is 1. The van der Waals surface area contributed by atoms with E-state index in [1.54, 1.807) is 12.1 Å². The van der Waals surface area contributed by atoms with Gasteiger partial charge in [0.2, 0.25) is 10.0 Å². The summed E-state index contributed by atoms with van der Waals surface area (Å²) in [6, 6.07) is 9.50. The summed E-state index contributed by atoms with van der Waals surface area (Å²) in [6.45, 7) is 6.98. The number of aromatic nitrogens is 2. The zero-order chi connectivity index (χ0) is 24.4. The average Bonchev–Trinajstić information content (AvgIpc) is 3.34. The molecule has 0 radical (unpaired) electrons. The number of benzene rings is 1. The van der Waals surface area contributed by atoms with Gasteiger partial charge < -0.3 is 14.6 Å². The molecule has 2 aliphatic heterocycles. The fourth-order valence-electron chi connectivity index (χ4n) is 4.81. The van der Waals surface area contributed by atoms with Crippen LogP contribution in [0.5, 0.6) is 0 Å². The molecule has 2 aromatic heterocycles. The van der Waals surface area contributed by atoms with Gasteiger partial charge >= 0.3 is 0 Å². The lowest BCUT2D eigenvalue weighted by molar-refractivity contribution is 0.0730. The van der Waals surface area contributed by atoms with Crippen molar-refractivity contribution in [3.05, 3.63) is 53.9 Å². The Labute approximate surface area is 205 Å². The number of morpholine rings is 1. The van der Waals surface area contributed by atoms with E-state index in [9.17, 15) is 13.2 Å². The highest BCUT2D eigenvalue weighted by Gasteiger charge is 2.27. The van der Waals surface area contributed by atoms with Gasteiger partial charge in [-0.15, -0.1) is 0 Å². The molecule has 10 heteroatoms. The number of ether oxygens (including phenoxy) is 1. The molecule has 0 aliphatic carbocycles. The van der Waals surface area contributed by atoms with Gasteiger partial charge in [0.05, 0.1) is 19.8 Å². The molecule has 0 atom stereocenters. The number of hydrogen-bond acceptors (Lipinski definition) is 7. The molecule has 0 spiro atoms. The number of fused-ring (bicyclic) bond motifs is 1. The van der Waals surface area contributed by atoms with Crippen LogP contribution in [0.4, 0.5) is 5.82 Å². The minimum atomic E-state index is -3.55. The van der Waals surface area contributed by atoms with Crippen molar-refractivity contribution in [2.45, 2.75) is 18.2 Å². The molecule has 4 heterocycles. The Morgan fingerprint density at radius 3 is 2.51 bits per heavy atom. The number of para-hydroxylation sites is 1. The van der Waals surface area contributed by atoms with Gasteiger partial charge in [-0.25, -0.2) is 13.4 Å². The van der Waals surface area contributed by atoms with Crippen molar-refractivity contribution in [3.63, 3.8) is 0 Å². The predicted octanol–water partition coefficient (Wildman–Crippen LogP) is 2.15. The maximum absolute atomic E-state index is 13.0. The first kappa shape index (κ1) is 23.9. The van der Waals surface area contributed by atoms with E-state index in [1.165, 1.54) is 16.1 Å². The average molecular weight is 498 g/mol. The summed E-state index contributed by atoms with van der Waals surface area (Å²) < 4.78 is 32.3. The summed E-state index contributed by atoms with van der Waals surface area (Å²) in [5.74, 6) is 0.870. The number of ketones is 1. The minimum absolute atomic E-state index is 0.119. The van der Waals surface area contributed by atoms with Crippen LogP contribution in [0.1, 0.15) is 22.8 Å². The van der Waals surface area contributed by atoms with Gasteiger partial charge in [-0.05, 0) is 24.1 Å². The maximum Gasteiger partial charge on any atom is 0.244 e. The highest BCUT2D eigenvalue weighted by atomic mass is 32.2. The SMILES string of the molecule is CCc1cccc2c(C(=O)CN3CCN(c4ccc(S(=O)(=O)N5CCOCC5)cn4)CC3)c[nH]c12. The number of H-pyrrole nitrogens is 1. The molecule has 9 nitrogen and oxygen atoms in total. The van der Waals surface area contributed by atoms with Crippen molar-refractivity contribution in [2.75, 3.05) is 63.9 Å². The first-order valence-electron chi connectivity index (χ1n) is 12.1. The molecule has 2 aliphatic rings. The van der Waals surface area contributed by atoms with Gasteiger partial charge in [0, 0.05) is 68.1 Å². The number of anilines is 1. The van der Waals surface area contributed by atoms with Crippen LogP contribution in [-0.2, 0) is 21.2 Å². The molecule has 0 bridgehead atoms. The van der Waals surface area contributed by atoms with Crippen LogP contribution < -0.4 is 4.90 Å². The van der Waals surface area contributed by atoms with Crippen LogP contribution in [0, 0.1) is 0 Å². The Kier molecular flexibility index (Phi) is 6.88. The van der Waals surface area contributed by atoms with Gasteiger partial charge in [0.15, 0.2) is 5.78 Å². The molecule has 0 unspecified atom stereocenters. The summed E-state index contributed by atoms with van der Waals surface area (Å²) in [7, 11) is -3.55. The second kappa shape index (κ2) is 10.1. The molecule has 0 saturated carbocycles. The highest BCUT2D eigenvalue weighted by molar-refractivity contribution is 7.89. The number of rotatable bonds is 7. The Balaban J connectivity index is 1.19. The van der Waals surface area contributed by atoms with Gasteiger partial charge in [-0.2, -0.15) is 4.31 Å². The quantitative estimate of drug-likeness (QED) is 0.500. The van der Waals surface area contributed by atoms with E-state index in [2.05, 4.69) is 32.8 Å². The molecule has 35 heavy (non-hydrogen) atoms. The van der Waals surface area contributed by atoms with E-state index in [0.717, 1.165) is 54.9 Å². The van der Waals surface area contributed by atoms with Crippen LogP contribution >= 0.6 is 0 Å². The van der Waals surface area contributed by atoms with E-state index < -0.39 is 10.0 Å². The molecule has 3 aromatic rings. The molecule has 2 saturated heterocycles. The highest BCUT2D eigenvalue weighted by Crippen LogP contribution is 2.24.